The van der Waals surface area contributed by atoms with E-state index in [1.165, 1.54) is 19.3 Å². The standard InChI is InChI=1S/C20H24ClNO3/c1-12(18(23)22-17-4-2-3-16(21)8-17)25-19(24)20-9-13-5-14(10-20)7-15(6-13)11-20/h2-4,8,12-15H,5-7,9-11H2,1H3,(H,22,23). The summed E-state index contributed by atoms with van der Waals surface area (Å²) in [5.41, 5.74) is 0.273. The zero-order chi connectivity index (χ0) is 17.6. The van der Waals surface area contributed by atoms with Crippen LogP contribution >= 0.6 is 11.6 Å². The first-order valence-electron chi connectivity index (χ1n) is 9.21. The van der Waals surface area contributed by atoms with Gasteiger partial charge in [-0.3, -0.25) is 9.59 Å². The summed E-state index contributed by atoms with van der Waals surface area (Å²) in [6.07, 6.45) is 5.85. The highest BCUT2D eigenvalue weighted by atomic mass is 35.5. The van der Waals surface area contributed by atoms with Crippen molar-refractivity contribution >= 4 is 29.2 Å². The van der Waals surface area contributed by atoms with Crippen LogP contribution in [0.1, 0.15) is 45.4 Å². The van der Waals surface area contributed by atoms with Crippen molar-refractivity contribution in [1.82, 2.24) is 0 Å². The summed E-state index contributed by atoms with van der Waals surface area (Å²) in [4.78, 5) is 25.2. The van der Waals surface area contributed by atoms with E-state index in [9.17, 15) is 9.59 Å². The Bertz CT molecular complexity index is 667. The first-order chi connectivity index (χ1) is 11.9. The van der Waals surface area contributed by atoms with Gasteiger partial charge in [-0.2, -0.15) is 0 Å². The summed E-state index contributed by atoms with van der Waals surface area (Å²) in [6.45, 7) is 1.64. The smallest absolute Gasteiger partial charge is 0.312 e. The Hall–Kier alpha value is -1.55. The van der Waals surface area contributed by atoms with E-state index in [1.54, 1.807) is 31.2 Å². The van der Waals surface area contributed by atoms with Gasteiger partial charge in [0.05, 0.1) is 5.41 Å². The number of esters is 1. The van der Waals surface area contributed by atoms with Crippen molar-refractivity contribution in [2.75, 3.05) is 5.32 Å². The third-order valence-electron chi connectivity index (χ3n) is 6.22. The Kier molecular flexibility index (Phi) is 4.27. The number of ether oxygens (including phenoxy) is 1. The lowest BCUT2D eigenvalue weighted by Crippen LogP contribution is -2.51. The van der Waals surface area contributed by atoms with Crippen LogP contribution in [-0.2, 0) is 14.3 Å². The zero-order valence-electron chi connectivity index (χ0n) is 14.5. The number of carbonyl (C=O) groups is 2. The quantitative estimate of drug-likeness (QED) is 0.807. The third kappa shape index (κ3) is 3.29. The van der Waals surface area contributed by atoms with Crippen molar-refractivity contribution in [2.24, 2.45) is 23.2 Å². The lowest BCUT2D eigenvalue weighted by Gasteiger charge is -2.55. The van der Waals surface area contributed by atoms with Gasteiger partial charge in [0.15, 0.2) is 6.10 Å². The fourth-order valence-electron chi connectivity index (χ4n) is 5.51. The van der Waals surface area contributed by atoms with Crippen LogP contribution in [-0.4, -0.2) is 18.0 Å². The van der Waals surface area contributed by atoms with Crippen LogP contribution in [0.5, 0.6) is 0 Å². The second-order valence-electron chi connectivity index (χ2n) is 8.25. The van der Waals surface area contributed by atoms with Crippen molar-refractivity contribution in [3.05, 3.63) is 29.3 Å². The molecule has 4 saturated carbocycles. The molecule has 4 nitrogen and oxygen atoms in total. The Labute approximate surface area is 153 Å². The SMILES string of the molecule is CC(OC(=O)C12CC3CC(CC(C3)C1)C2)C(=O)Nc1cccc(Cl)c1. The number of anilines is 1. The van der Waals surface area contributed by atoms with Gasteiger partial charge >= 0.3 is 5.97 Å². The Morgan fingerprint density at radius 3 is 2.32 bits per heavy atom. The molecule has 1 unspecified atom stereocenters. The Morgan fingerprint density at radius 2 is 1.76 bits per heavy atom. The maximum atomic E-state index is 12.9. The highest BCUT2D eigenvalue weighted by Crippen LogP contribution is 2.60. The number of nitrogens with one attached hydrogen (secondary N) is 1. The van der Waals surface area contributed by atoms with Crippen molar-refractivity contribution in [3.63, 3.8) is 0 Å². The van der Waals surface area contributed by atoms with Gasteiger partial charge in [-0.15, -0.1) is 0 Å². The van der Waals surface area contributed by atoms with Crippen LogP contribution in [0.4, 0.5) is 5.69 Å². The number of benzene rings is 1. The largest absolute Gasteiger partial charge is 0.452 e. The highest BCUT2D eigenvalue weighted by molar-refractivity contribution is 6.30. The molecule has 25 heavy (non-hydrogen) atoms. The fourth-order valence-corrected chi connectivity index (χ4v) is 5.70. The molecule has 4 fully saturated rings. The highest BCUT2D eigenvalue weighted by Gasteiger charge is 2.55. The molecule has 0 aromatic heterocycles. The molecule has 5 rings (SSSR count). The van der Waals surface area contributed by atoms with Gasteiger partial charge in [-0.25, -0.2) is 0 Å². The summed E-state index contributed by atoms with van der Waals surface area (Å²) in [5, 5.41) is 3.31. The molecule has 4 bridgehead atoms. The molecule has 4 aliphatic rings. The number of halogens is 1. The van der Waals surface area contributed by atoms with E-state index in [1.807, 2.05) is 0 Å². The van der Waals surface area contributed by atoms with E-state index in [4.69, 9.17) is 16.3 Å². The lowest BCUT2D eigenvalue weighted by molar-refractivity contribution is -0.177. The fraction of sp³-hybridized carbons (Fsp3) is 0.600. The molecule has 134 valence electrons. The predicted molar refractivity (Wildman–Crippen MR) is 96.2 cm³/mol. The molecule has 0 radical (unpaired) electrons. The number of carbonyl (C=O) groups excluding carboxylic acids is 2. The van der Waals surface area contributed by atoms with Crippen molar-refractivity contribution < 1.29 is 14.3 Å². The molecule has 1 aromatic carbocycles. The minimum absolute atomic E-state index is 0.166. The van der Waals surface area contributed by atoms with Crippen molar-refractivity contribution in [2.45, 2.75) is 51.6 Å². The molecule has 1 aromatic rings. The maximum absolute atomic E-state index is 12.9. The molecular weight excluding hydrogens is 338 g/mol. The first-order valence-corrected chi connectivity index (χ1v) is 9.59. The zero-order valence-corrected chi connectivity index (χ0v) is 15.2. The summed E-state index contributed by atoms with van der Waals surface area (Å²) in [5.74, 6) is 1.54. The van der Waals surface area contributed by atoms with E-state index < -0.39 is 6.10 Å². The van der Waals surface area contributed by atoms with Gasteiger partial charge in [0.1, 0.15) is 0 Å². The van der Waals surface area contributed by atoms with Gasteiger partial charge in [-0.1, -0.05) is 17.7 Å². The summed E-state index contributed by atoms with van der Waals surface area (Å²) in [6, 6.07) is 6.95. The van der Waals surface area contributed by atoms with Gasteiger partial charge < -0.3 is 10.1 Å². The average Bonchev–Trinajstić information content (AvgIpc) is 2.53. The number of rotatable bonds is 4. The second-order valence-corrected chi connectivity index (χ2v) is 8.68. The molecule has 5 heteroatoms. The van der Waals surface area contributed by atoms with Gasteiger partial charge in [-0.05, 0) is 81.4 Å². The minimum Gasteiger partial charge on any atom is -0.452 e. The predicted octanol–water partition coefficient (Wildman–Crippen LogP) is 4.43. The van der Waals surface area contributed by atoms with E-state index >= 15 is 0 Å². The monoisotopic (exact) mass is 361 g/mol. The third-order valence-corrected chi connectivity index (χ3v) is 6.45. The van der Waals surface area contributed by atoms with E-state index in [2.05, 4.69) is 5.32 Å². The van der Waals surface area contributed by atoms with Gasteiger partial charge in [0.2, 0.25) is 0 Å². The molecule has 0 heterocycles. The topological polar surface area (TPSA) is 55.4 Å². The lowest BCUT2D eigenvalue weighted by atomic mass is 9.49. The Balaban J connectivity index is 1.39. The average molecular weight is 362 g/mol. The molecule has 0 aliphatic heterocycles. The number of hydrogen-bond acceptors (Lipinski definition) is 3. The van der Waals surface area contributed by atoms with Crippen LogP contribution in [0.15, 0.2) is 24.3 Å². The van der Waals surface area contributed by atoms with E-state index in [-0.39, 0.29) is 17.3 Å². The van der Waals surface area contributed by atoms with E-state index in [0.29, 0.717) is 28.5 Å². The Morgan fingerprint density at radius 1 is 1.16 bits per heavy atom. The second kappa shape index (κ2) is 6.31. The van der Waals surface area contributed by atoms with Gasteiger partial charge in [0.25, 0.3) is 5.91 Å². The summed E-state index contributed by atoms with van der Waals surface area (Å²) >= 11 is 5.93. The normalized spacial score (nSPS) is 33.8. The summed E-state index contributed by atoms with van der Waals surface area (Å²) in [7, 11) is 0. The molecule has 1 amide bonds. The van der Waals surface area contributed by atoms with Crippen molar-refractivity contribution in [1.29, 1.82) is 0 Å². The van der Waals surface area contributed by atoms with Crippen LogP contribution in [0.25, 0.3) is 0 Å². The van der Waals surface area contributed by atoms with Gasteiger partial charge in [0, 0.05) is 10.7 Å². The molecule has 1 N–H and O–H groups in total. The summed E-state index contributed by atoms with van der Waals surface area (Å²) < 4.78 is 5.62. The van der Waals surface area contributed by atoms with Crippen LogP contribution in [0.3, 0.4) is 0 Å². The minimum atomic E-state index is -0.806. The van der Waals surface area contributed by atoms with Crippen LogP contribution < -0.4 is 5.32 Å². The molecule has 0 saturated heterocycles. The molecule has 1 atom stereocenters. The molecular formula is C20H24ClNO3. The van der Waals surface area contributed by atoms with Crippen LogP contribution in [0.2, 0.25) is 5.02 Å². The first kappa shape index (κ1) is 16.9. The molecule has 0 spiro atoms. The number of hydrogen-bond donors (Lipinski definition) is 1. The van der Waals surface area contributed by atoms with Crippen molar-refractivity contribution in [3.8, 4) is 0 Å². The van der Waals surface area contributed by atoms with E-state index in [0.717, 1.165) is 19.3 Å². The van der Waals surface area contributed by atoms with Crippen LogP contribution in [0, 0.1) is 23.2 Å². The number of amides is 1. The molecule has 4 aliphatic carbocycles. The maximum Gasteiger partial charge on any atom is 0.312 e.